The summed E-state index contributed by atoms with van der Waals surface area (Å²) in [6.45, 7) is 9.27. The highest BCUT2D eigenvalue weighted by atomic mass is 35.5. The Balaban J connectivity index is 1.66. The van der Waals surface area contributed by atoms with E-state index in [0.29, 0.717) is 18.4 Å². The van der Waals surface area contributed by atoms with Crippen LogP contribution in [0.3, 0.4) is 0 Å². The quantitative estimate of drug-likeness (QED) is 0.265. The summed E-state index contributed by atoms with van der Waals surface area (Å²) in [6.07, 6.45) is 0.857. The van der Waals surface area contributed by atoms with Gasteiger partial charge in [-0.2, -0.15) is 0 Å². The zero-order valence-corrected chi connectivity index (χ0v) is 25.6. The van der Waals surface area contributed by atoms with Crippen LogP contribution in [0.5, 0.6) is 5.75 Å². The molecule has 1 aliphatic heterocycles. The van der Waals surface area contributed by atoms with Gasteiger partial charge >= 0.3 is 23.5 Å². The van der Waals surface area contributed by atoms with E-state index in [1.54, 1.807) is 13.0 Å². The summed E-state index contributed by atoms with van der Waals surface area (Å²) in [5.74, 6) is -3.36. The Morgan fingerprint density at radius 2 is 1.70 bits per heavy atom. The molecular formula is C31H34ClNO10. The second kappa shape index (κ2) is 10.8. The molecule has 5 rings (SSSR count). The molecule has 0 unspecified atom stereocenters. The summed E-state index contributed by atoms with van der Waals surface area (Å²) < 4.78 is 29.2. The molecule has 11 nitrogen and oxygen atoms in total. The van der Waals surface area contributed by atoms with E-state index in [1.807, 2.05) is 13.8 Å². The molecule has 3 aliphatic rings. The normalized spacial score (nSPS) is 32.8. The van der Waals surface area contributed by atoms with Crippen LogP contribution in [0.4, 0.5) is 0 Å². The first-order valence-electron chi connectivity index (χ1n) is 14.1. The lowest BCUT2D eigenvalue weighted by Crippen LogP contribution is -2.72. The molecule has 0 aromatic carbocycles. The van der Waals surface area contributed by atoms with Crippen LogP contribution in [-0.2, 0) is 28.6 Å². The van der Waals surface area contributed by atoms with Crippen molar-refractivity contribution in [1.29, 1.82) is 0 Å². The van der Waals surface area contributed by atoms with Gasteiger partial charge in [0.05, 0.1) is 5.92 Å². The minimum atomic E-state index is -1.37. The first-order valence-corrected chi connectivity index (χ1v) is 14.5. The average Bonchev–Trinajstić information content (AvgIpc) is 2.90. The molecule has 7 atom stereocenters. The van der Waals surface area contributed by atoms with Crippen molar-refractivity contribution >= 4 is 35.3 Å². The predicted octanol–water partition coefficient (Wildman–Crippen LogP) is 4.56. The van der Waals surface area contributed by atoms with Gasteiger partial charge in [0.1, 0.15) is 41.0 Å². The van der Waals surface area contributed by atoms with E-state index in [4.69, 9.17) is 35.0 Å². The van der Waals surface area contributed by atoms with Crippen molar-refractivity contribution in [3.05, 3.63) is 45.5 Å². The highest BCUT2D eigenvalue weighted by Gasteiger charge is 2.71. The van der Waals surface area contributed by atoms with Gasteiger partial charge in [-0.15, -0.1) is 0 Å². The second-order valence-electron chi connectivity index (χ2n) is 12.4. The highest BCUT2D eigenvalue weighted by Crippen LogP contribution is 2.65. The maximum absolute atomic E-state index is 14.5. The number of carbonyl (C=O) groups excluding carboxylic acids is 4. The summed E-state index contributed by atoms with van der Waals surface area (Å²) in [5, 5.41) is 0.254. The number of carbonyl (C=O) groups is 4. The van der Waals surface area contributed by atoms with Crippen LogP contribution in [0, 0.1) is 22.7 Å². The minimum Gasteiger partial charge on any atom is -0.482 e. The van der Waals surface area contributed by atoms with Gasteiger partial charge in [-0.25, -0.2) is 9.78 Å². The minimum absolute atomic E-state index is 0.0143. The van der Waals surface area contributed by atoms with Gasteiger partial charge in [0.25, 0.3) is 0 Å². The fourth-order valence-corrected chi connectivity index (χ4v) is 7.92. The molecule has 2 aromatic rings. The van der Waals surface area contributed by atoms with E-state index >= 15 is 0 Å². The Kier molecular flexibility index (Phi) is 7.69. The summed E-state index contributed by atoms with van der Waals surface area (Å²) in [7, 11) is 0. The second-order valence-corrected chi connectivity index (χ2v) is 12.8. The van der Waals surface area contributed by atoms with Crippen molar-refractivity contribution in [2.75, 3.05) is 6.61 Å². The first-order chi connectivity index (χ1) is 20.1. The molecule has 0 radical (unpaired) electrons. The van der Waals surface area contributed by atoms with Gasteiger partial charge in [-0.05, 0) is 49.7 Å². The van der Waals surface area contributed by atoms with Crippen LogP contribution >= 0.6 is 11.6 Å². The number of hydrogen-bond donors (Lipinski definition) is 0. The molecule has 3 heterocycles. The monoisotopic (exact) mass is 615 g/mol. The van der Waals surface area contributed by atoms with E-state index in [2.05, 4.69) is 4.98 Å². The number of halogens is 1. The first kappa shape index (κ1) is 30.7. The largest absolute Gasteiger partial charge is 0.482 e. The summed E-state index contributed by atoms with van der Waals surface area (Å²) in [4.78, 5) is 68.4. The summed E-state index contributed by atoms with van der Waals surface area (Å²) >= 11 is 5.91. The number of fused-ring (bicyclic) bond motifs is 4. The Morgan fingerprint density at radius 3 is 2.30 bits per heavy atom. The van der Waals surface area contributed by atoms with Crippen molar-refractivity contribution in [3.8, 4) is 17.1 Å². The van der Waals surface area contributed by atoms with Gasteiger partial charge in [0.2, 0.25) is 0 Å². The van der Waals surface area contributed by atoms with Crippen molar-refractivity contribution < 1.29 is 42.5 Å². The molecule has 2 saturated carbocycles. The van der Waals surface area contributed by atoms with Crippen LogP contribution in [0.25, 0.3) is 11.3 Å². The molecule has 43 heavy (non-hydrogen) atoms. The number of ether oxygens (including phenoxy) is 4. The van der Waals surface area contributed by atoms with Crippen molar-refractivity contribution in [2.24, 2.45) is 22.7 Å². The highest BCUT2D eigenvalue weighted by molar-refractivity contribution is 6.29. The standard InChI is InChI=1S/C31H34ClNO10/c1-15(34)39-14-30(5)21-12-23(41-17(3)36)31(6)27(29(21,4)10-9-22(30)40-16(2)35)26(37)25-20(43-31)11-19(42-28(25)38)18-7-8-24(32)33-13-18/h7-8,11,13,21-23,27H,9-10,12,14H2,1-6H3/t21-,22+,23+,27-,29+,30+,31-/m1/s1. The molecule has 0 amide bonds. The van der Waals surface area contributed by atoms with Gasteiger partial charge in [-0.3, -0.25) is 19.2 Å². The van der Waals surface area contributed by atoms with E-state index in [-0.39, 0.29) is 35.3 Å². The number of nitrogens with zero attached hydrogens (tertiary/aromatic N) is 1. The molecule has 0 N–H and O–H groups in total. The third kappa shape index (κ3) is 5.11. The van der Waals surface area contributed by atoms with Crippen LogP contribution in [0.1, 0.15) is 71.2 Å². The third-order valence-electron chi connectivity index (χ3n) is 9.56. The zero-order valence-electron chi connectivity index (χ0n) is 24.9. The van der Waals surface area contributed by atoms with E-state index < -0.39 is 69.8 Å². The smallest absolute Gasteiger partial charge is 0.351 e. The number of aromatic nitrogens is 1. The van der Waals surface area contributed by atoms with Gasteiger partial charge in [-0.1, -0.05) is 25.4 Å². The molecule has 12 heteroatoms. The summed E-state index contributed by atoms with van der Waals surface area (Å²) in [5.41, 5.74) is -3.84. The maximum Gasteiger partial charge on any atom is 0.351 e. The Hall–Kier alpha value is -3.73. The molecular weight excluding hydrogens is 582 g/mol. The molecule has 0 spiro atoms. The Labute approximate surface area is 253 Å². The number of ketones is 1. The van der Waals surface area contributed by atoms with Crippen LogP contribution in [0.2, 0.25) is 5.15 Å². The van der Waals surface area contributed by atoms with Gasteiger partial charge in [0.15, 0.2) is 11.4 Å². The molecule has 2 fully saturated rings. The number of Topliss-reactive ketones (excluding diaryl/α,β-unsaturated/α-hetero) is 1. The molecule has 230 valence electrons. The van der Waals surface area contributed by atoms with Gasteiger partial charge < -0.3 is 23.4 Å². The predicted molar refractivity (Wildman–Crippen MR) is 151 cm³/mol. The van der Waals surface area contributed by atoms with Crippen LogP contribution in [-0.4, -0.2) is 53.1 Å². The summed E-state index contributed by atoms with van der Waals surface area (Å²) in [6, 6.07) is 4.62. The van der Waals surface area contributed by atoms with E-state index in [9.17, 15) is 24.0 Å². The van der Waals surface area contributed by atoms with Crippen LogP contribution < -0.4 is 10.4 Å². The van der Waals surface area contributed by atoms with Crippen molar-refractivity contribution in [1.82, 2.24) is 4.98 Å². The van der Waals surface area contributed by atoms with Crippen molar-refractivity contribution in [2.45, 2.75) is 78.6 Å². The fourth-order valence-electron chi connectivity index (χ4n) is 7.81. The lowest BCUT2D eigenvalue weighted by atomic mass is 9.43. The van der Waals surface area contributed by atoms with Crippen molar-refractivity contribution in [3.63, 3.8) is 0 Å². The maximum atomic E-state index is 14.5. The lowest BCUT2D eigenvalue weighted by Gasteiger charge is -2.65. The molecule has 2 aromatic heterocycles. The fraction of sp³-hybridized carbons (Fsp3) is 0.548. The van der Waals surface area contributed by atoms with Gasteiger partial charge in [0, 0.05) is 44.0 Å². The lowest BCUT2D eigenvalue weighted by molar-refractivity contribution is -0.240. The molecule has 2 aliphatic carbocycles. The number of esters is 3. The van der Waals surface area contributed by atoms with E-state index in [1.165, 1.54) is 39.1 Å². The van der Waals surface area contributed by atoms with E-state index in [0.717, 1.165) is 0 Å². The van der Waals surface area contributed by atoms with Crippen LogP contribution in [0.15, 0.2) is 33.6 Å². The topological polar surface area (TPSA) is 148 Å². The number of rotatable bonds is 5. The Bertz CT molecular complexity index is 1550. The number of hydrogen-bond acceptors (Lipinski definition) is 11. The number of pyridine rings is 1. The zero-order chi connectivity index (χ0) is 31.5. The molecule has 0 saturated heterocycles. The SMILES string of the molecule is CC(=O)OC[C@@]1(C)[C@@H]2C[C@H](OC(C)=O)[C@@]3(C)Oc4cc(-c5ccc(Cl)nc5)oc(=O)c4C(=O)[C@@H]3[C@@]2(C)CC[C@@H]1OC(C)=O. The average molecular weight is 616 g/mol. The molecule has 0 bridgehead atoms. The Morgan fingerprint density at radius 1 is 1.02 bits per heavy atom. The third-order valence-corrected chi connectivity index (χ3v) is 9.79.